The third-order valence-corrected chi connectivity index (χ3v) is 4.33. The third kappa shape index (κ3) is 65.5. The predicted octanol–water partition coefficient (Wildman–Crippen LogP) is 1.47. The van der Waals surface area contributed by atoms with Crippen molar-refractivity contribution in [2.45, 2.75) is 123 Å². The molecular formula is C22H41O7Zn4+5. The maximum Gasteiger partial charge on any atom is 2.00 e. The summed E-state index contributed by atoms with van der Waals surface area (Å²) in [5, 5.41) is 35.8. The summed E-state index contributed by atoms with van der Waals surface area (Å²) in [7, 11) is 0. The van der Waals surface area contributed by atoms with Gasteiger partial charge < -0.3 is 34.8 Å². The van der Waals surface area contributed by atoms with E-state index in [1.165, 1.54) is 83.5 Å². The number of aliphatic hydroxyl groups excluding tert-OH is 1. The van der Waals surface area contributed by atoms with Crippen LogP contribution in [0.3, 0.4) is 0 Å². The quantitative estimate of drug-likeness (QED) is 0.140. The summed E-state index contributed by atoms with van der Waals surface area (Å²) in [4.78, 5) is 27.8. The van der Waals surface area contributed by atoms with E-state index >= 15 is 0 Å². The number of carbonyl (C=O) groups is 3. The average molecular weight is 679 g/mol. The summed E-state index contributed by atoms with van der Waals surface area (Å²) in [5.41, 5.74) is 0. The van der Waals surface area contributed by atoms with Gasteiger partial charge in [0.1, 0.15) is 0 Å². The first-order valence-corrected chi connectivity index (χ1v) is 11.0. The Kier molecular flexibility index (Phi) is 71.0. The standard InChI is InChI=1S/C18H36O2.C3H6O3.CH2O2.4Zn/c1-2-3-4-5-6-7-8-9-10-11-12-13-14-15-16-17-18(19)20;1-2(4)3(5)6;2-1-3;;;;/h2-17H2,1H3,(H,19,20);2,4H,1H3,(H,5,6);1H,(H,2,3);;;;/q;;;4*+2/p-3. The molecule has 0 amide bonds. The Balaban J connectivity index is -0.0000000891. The number of rotatable bonds is 17. The Hall–Kier alpha value is 0.864. The van der Waals surface area contributed by atoms with Crippen molar-refractivity contribution in [3.8, 4) is 0 Å². The number of carboxylic acid groups (broad SMARTS) is 3. The average Bonchev–Trinajstić information content (AvgIpc) is 2.65. The normalized spacial score (nSPS) is 9.42. The van der Waals surface area contributed by atoms with E-state index in [0.29, 0.717) is 0 Å². The maximum absolute atomic E-state index is 10.2. The zero-order valence-electron chi connectivity index (χ0n) is 21.2. The van der Waals surface area contributed by atoms with Crippen molar-refractivity contribution in [2.24, 2.45) is 0 Å². The molecule has 0 aliphatic rings. The Morgan fingerprint density at radius 3 is 1.09 bits per heavy atom. The fourth-order valence-corrected chi connectivity index (χ4v) is 2.64. The molecule has 1 N–H and O–H groups in total. The van der Waals surface area contributed by atoms with Crippen LogP contribution in [0.25, 0.3) is 0 Å². The molecule has 0 radical (unpaired) electrons. The number of hydrogen-bond acceptors (Lipinski definition) is 7. The molecule has 0 aromatic rings. The minimum atomic E-state index is -1.44. The molecule has 174 valence electrons. The van der Waals surface area contributed by atoms with Crippen LogP contribution in [-0.2, 0) is 92.3 Å². The maximum atomic E-state index is 10.2. The number of carboxylic acids is 2. The zero-order valence-corrected chi connectivity index (χ0v) is 33.1. The summed E-state index contributed by atoms with van der Waals surface area (Å²) in [6.45, 7) is 2.90. The fourth-order valence-electron chi connectivity index (χ4n) is 2.64. The Labute approximate surface area is 252 Å². The van der Waals surface area contributed by atoms with Crippen molar-refractivity contribution in [3.63, 3.8) is 0 Å². The van der Waals surface area contributed by atoms with Crippen LogP contribution >= 0.6 is 0 Å². The number of unbranched alkanes of at least 4 members (excludes halogenated alkanes) is 14. The minimum Gasteiger partial charge on any atom is -0.554 e. The van der Waals surface area contributed by atoms with E-state index in [1.54, 1.807) is 0 Å². The molecule has 0 aliphatic carbocycles. The molecule has 0 bridgehead atoms. The number of aliphatic carboxylic acids is 2. The van der Waals surface area contributed by atoms with E-state index in [9.17, 15) is 19.8 Å². The van der Waals surface area contributed by atoms with Gasteiger partial charge in [-0.2, -0.15) is 0 Å². The van der Waals surface area contributed by atoms with Gasteiger partial charge in [-0.3, -0.25) is 0 Å². The monoisotopic (exact) mass is 673 g/mol. The van der Waals surface area contributed by atoms with Gasteiger partial charge in [0.15, 0.2) is 0 Å². The number of aliphatic hydroxyl groups is 1. The topological polar surface area (TPSA) is 141 Å². The van der Waals surface area contributed by atoms with E-state index in [0.717, 1.165) is 19.8 Å². The second kappa shape index (κ2) is 46.2. The number of carbonyl (C=O) groups excluding carboxylic acids is 3. The fraction of sp³-hybridized carbons (Fsp3) is 0.864. The van der Waals surface area contributed by atoms with E-state index in [4.69, 9.17) is 15.0 Å². The van der Waals surface area contributed by atoms with Gasteiger partial charge in [-0.1, -0.05) is 96.8 Å². The first kappa shape index (κ1) is 50.7. The Morgan fingerprint density at radius 2 is 0.909 bits per heavy atom. The van der Waals surface area contributed by atoms with Gasteiger partial charge in [0.25, 0.3) is 0 Å². The van der Waals surface area contributed by atoms with Crippen molar-refractivity contribution in [2.75, 3.05) is 0 Å². The van der Waals surface area contributed by atoms with Crippen LogP contribution in [0.2, 0.25) is 0 Å². The third-order valence-electron chi connectivity index (χ3n) is 4.33. The summed E-state index contributed by atoms with van der Waals surface area (Å²) in [6.07, 6.45) is 18.5. The molecule has 0 saturated heterocycles. The molecule has 7 nitrogen and oxygen atoms in total. The molecule has 0 aromatic heterocycles. The van der Waals surface area contributed by atoms with Crippen molar-refractivity contribution in [1.29, 1.82) is 0 Å². The smallest absolute Gasteiger partial charge is 0.554 e. The van der Waals surface area contributed by atoms with Crippen molar-refractivity contribution >= 4 is 18.4 Å². The van der Waals surface area contributed by atoms with Crippen LogP contribution in [0, 0.1) is 0 Å². The molecule has 0 saturated carbocycles. The van der Waals surface area contributed by atoms with Crippen molar-refractivity contribution in [3.05, 3.63) is 0 Å². The van der Waals surface area contributed by atoms with Crippen molar-refractivity contribution in [1.82, 2.24) is 0 Å². The van der Waals surface area contributed by atoms with Gasteiger partial charge in [0, 0.05) is 12.4 Å². The first-order chi connectivity index (χ1) is 13.8. The van der Waals surface area contributed by atoms with Gasteiger partial charge in [-0.25, -0.2) is 0 Å². The van der Waals surface area contributed by atoms with Crippen LogP contribution in [0.4, 0.5) is 0 Å². The second-order valence-electron chi connectivity index (χ2n) is 7.16. The molecular weight excluding hydrogens is 638 g/mol. The molecule has 0 fully saturated rings. The molecule has 0 spiro atoms. The van der Waals surface area contributed by atoms with Crippen LogP contribution in [0.1, 0.15) is 117 Å². The van der Waals surface area contributed by atoms with Gasteiger partial charge in [-0.15, -0.1) is 0 Å². The zero-order chi connectivity index (χ0) is 22.8. The first-order valence-electron chi connectivity index (χ1n) is 11.0. The van der Waals surface area contributed by atoms with E-state index in [-0.39, 0.29) is 84.3 Å². The minimum absolute atomic E-state index is 0. The molecule has 1 unspecified atom stereocenters. The van der Waals surface area contributed by atoms with Crippen LogP contribution in [-0.4, -0.2) is 29.6 Å². The molecule has 11 heteroatoms. The van der Waals surface area contributed by atoms with Gasteiger partial charge >= 0.3 is 77.9 Å². The van der Waals surface area contributed by atoms with Crippen molar-refractivity contribution < 1.29 is 113 Å². The predicted molar refractivity (Wildman–Crippen MR) is 107 cm³/mol. The van der Waals surface area contributed by atoms with Gasteiger partial charge in [0.05, 0.1) is 12.1 Å². The largest absolute Gasteiger partial charge is 2.00 e. The SMILES string of the molecule is CC(O)C(=O)[O-].CCCCCCCCCCCCCCCCCC(=O)[O-].O=C[O-].[Zn+2].[Zn+2].[Zn+2].[Zn+2]. The second-order valence-corrected chi connectivity index (χ2v) is 7.16. The summed E-state index contributed by atoms with van der Waals surface area (Å²) < 4.78 is 0. The van der Waals surface area contributed by atoms with E-state index < -0.39 is 24.5 Å². The molecule has 33 heavy (non-hydrogen) atoms. The van der Waals surface area contributed by atoms with E-state index in [1.807, 2.05) is 0 Å². The van der Waals surface area contributed by atoms with Crippen LogP contribution < -0.4 is 15.3 Å². The molecule has 0 aliphatic heterocycles. The summed E-state index contributed by atoms with van der Waals surface area (Å²) in [6, 6.07) is 0. The van der Waals surface area contributed by atoms with Crippen LogP contribution in [0.15, 0.2) is 0 Å². The number of hydrogen-bond donors (Lipinski definition) is 1. The molecule has 0 rings (SSSR count). The Bertz CT molecular complexity index is 375. The molecule has 0 aromatic carbocycles. The molecule has 0 heterocycles. The van der Waals surface area contributed by atoms with Gasteiger partial charge in [-0.05, 0) is 19.8 Å². The van der Waals surface area contributed by atoms with Gasteiger partial charge in [0.2, 0.25) is 0 Å². The summed E-state index contributed by atoms with van der Waals surface area (Å²) in [5.74, 6) is -2.34. The molecule has 1 atom stereocenters. The Morgan fingerprint density at radius 1 is 0.697 bits per heavy atom. The van der Waals surface area contributed by atoms with E-state index in [2.05, 4.69) is 6.92 Å². The summed E-state index contributed by atoms with van der Waals surface area (Å²) >= 11 is 0. The van der Waals surface area contributed by atoms with Crippen LogP contribution in [0.5, 0.6) is 0 Å².